The molecule has 0 saturated carbocycles. The SMILES string of the molecule is C[C@H]1OC(CC(=O)O)=CC2=C1C(=O)c1c(O)ccc3c4n(c2c13)[C@H]([C@@H](C)O)CC4. The first-order valence-corrected chi connectivity index (χ1v) is 9.74. The Bertz CT molecular complexity index is 1170. The molecule has 0 bridgehead atoms. The summed E-state index contributed by atoms with van der Waals surface area (Å²) in [5, 5.41) is 31.7. The summed E-state index contributed by atoms with van der Waals surface area (Å²) in [4.78, 5) is 24.6. The number of benzene rings is 1. The maximum Gasteiger partial charge on any atom is 0.311 e. The molecule has 0 fully saturated rings. The van der Waals surface area contributed by atoms with Crippen molar-refractivity contribution in [2.24, 2.45) is 0 Å². The number of ether oxygens (including phenoxy) is 1. The van der Waals surface area contributed by atoms with Crippen LogP contribution < -0.4 is 0 Å². The fourth-order valence-electron chi connectivity index (χ4n) is 5.11. The van der Waals surface area contributed by atoms with Gasteiger partial charge in [-0.2, -0.15) is 0 Å². The van der Waals surface area contributed by atoms with Gasteiger partial charge in [-0.25, -0.2) is 0 Å². The zero-order valence-corrected chi connectivity index (χ0v) is 16.1. The third-order valence-corrected chi connectivity index (χ3v) is 6.21. The van der Waals surface area contributed by atoms with Crippen molar-refractivity contribution in [2.45, 2.75) is 51.4 Å². The van der Waals surface area contributed by atoms with Crippen LogP contribution in [0.3, 0.4) is 0 Å². The Morgan fingerprint density at radius 1 is 1.38 bits per heavy atom. The number of carbonyl (C=O) groups excluding carboxylic acids is 1. The quantitative estimate of drug-likeness (QED) is 0.737. The zero-order chi connectivity index (χ0) is 20.6. The zero-order valence-electron chi connectivity index (χ0n) is 16.1. The molecule has 0 saturated heterocycles. The summed E-state index contributed by atoms with van der Waals surface area (Å²) in [6, 6.07) is 3.21. The molecule has 0 spiro atoms. The maximum absolute atomic E-state index is 13.3. The molecule has 0 amide bonds. The number of rotatable bonds is 3. The first kappa shape index (κ1) is 18.0. The lowest BCUT2D eigenvalue weighted by Crippen LogP contribution is -2.28. The molecule has 1 aliphatic carbocycles. The van der Waals surface area contributed by atoms with Crippen molar-refractivity contribution in [1.82, 2.24) is 4.57 Å². The second kappa shape index (κ2) is 5.97. The highest BCUT2D eigenvalue weighted by Crippen LogP contribution is 2.50. The number of hydrogen-bond acceptors (Lipinski definition) is 5. The third kappa shape index (κ3) is 2.34. The van der Waals surface area contributed by atoms with Crippen molar-refractivity contribution in [3.8, 4) is 5.75 Å². The number of hydrogen-bond donors (Lipinski definition) is 3. The van der Waals surface area contributed by atoms with Gasteiger partial charge in [-0.15, -0.1) is 0 Å². The lowest BCUT2D eigenvalue weighted by Gasteiger charge is -2.31. The normalized spacial score (nSPS) is 23.6. The molecule has 3 N–H and O–H groups in total. The Hall–Kier alpha value is -3.06. The number of phenols is 1. The molecule has 2 aromatic rings. The van der Waals surface area contributed by atoms with E-state index in [1.54, 1.807) is 26.0 Å². The largest absolute Gasteiger partial charge is 0.507 e. The van der Waals surface area contributed by atoms with Crippen molar-refractivity contribution in [1.29, 1.82) is 0 Å². The summed E-state index contributed by atoms with van der Waals surface area (Å²) in [5.41, 5.74) is 3.08. The van der Waals surface area contributed by atoms with E-state index in [1.807, 2.05) is 6.07 Å². The van der Waals surface area contributed by atoms with E-state index in [0.29, 0.717) is 16.5 Å². The second-order valence-electron chi connectivity index (χ2n) is 7.99. The van der Waals surface area contributed by atoms with Crippen LogP contribution in [0.25, 0.3) is 16.3 Å². The number of phenolic OH excluding ortho intramolecular Hbond substituents is 1. The number of aliphatic carboxylic acids is 1. The number of aromatic hydroxyl groups is 1. The van der Waals surface area contributed by atoms with Gasteiger partial charge in [-0.1, -0.05) is 0 Å². The molecule has 2 aliphatic heterocycles. The molecule has 3 aliphatic rings. The van der Waals surface area contributed by atoms with Gasteiger partial charge in [0.25, 0.3) is 0 Å². The Balaban J connectivity index is 1.88. The smallest absolute Gasteiger partial charge is 0.311 e. The van der Waals surface area contributed by atoms with E-state index in [1.165, 1.54) is 0 Å². The second-order valence-corrected chi connectivity index (χ2v) is 7.99. The molecular formula is C22H21NO6. The van der Waals surface area contributed by atoms with Gasteiger partial charge in [0, 0.05) is 27.6 Å². The molecular weight excluding hydrogens is 374 g/mol. The van der Waals surface area contributed by atoms with Crippen molar-refractivity contribution in [3.05, 3.63) is 46.5 Å². The number of aliphatic hydroxyl groups is 1. The van der Waals surface area contributed by atoms with Crippen LogP contribution in [0.5, 0.6) is 5.75 Å². The Labute approximate surface area is 166 Å². The number of aliphatic hydroxyl groups excluding tert-OH is 1. The van der Waals surface area contributed by atoms with E-state index in [-0.39, 0.29) is 35.3 Å². The summed E-state index contributed by atoms with van der Waals surface area (Å²) >= 11 is 0. The van der Waals surface area contributed by atoms with Gasteiger partial charge in [0.1, 0.15) is 24.0 Å². The minimum atomic E-state index is -1.01. The van der Waals surface area contributed by atoms with Crippen LogP contribution in [0.4, 0.5) is 0 Å². The van der Waals surface area contributed by atoms with Gasteiger partial charge in [0.05, 0.1) is 23.4 Å². The Morgan fingerprint density at radius 3 is 2.83 bits per heavy atom. The highest BCUT2D eigenvalue weighted by Gasteiger charge is 2.41. The summed E-state index contributed by atoms with van der Waals surface area (Å²) < 4.78 is 7.80. The maximum atomic E-state index is 13.3. The van der Waals surface area contributed by atoms with Gasteiger partial charge in [0.2, 0.25) is 0 Å². The molecule has 1 aromatic heterocycles. The molecule has 7 nitrogen and oxygen atoms in total. The lowest BCUT2D eigenvalue weighted by atomic mass is 9.82. The first-order chi connectivity index (χ1) is 13.8. The summed E-state index contributed by atoms with van der Waals surface area (Å²) in [6.45, 7) is 3.46. The van der Waals surface area contributed by atoms with Crippen LogP contribution in [0.15, 0.2) is 29.5 Å². The first-order valence-electron chi connectivity index (χ1n) is 9.74. The molecule has 3 atom stereocenters. The van der Waals surface area contributed by atoms with Crippen molar-refractivity contribution < 1.29 is 29.6 Å². The van der Waals surface area contributed by atoms with Gasteiger partial charge in [-0.3, -0.25) is 9.59 Å². The minimum absolute atomic E-state index is 0.0827. The highest BCUT2D eigenvalue weighted by molar-refractivity contribution is 6.28. The number of allylic oxidation sites excluding steroid dienone is 2. The molecule has 7 heteroatoms. The number of carboxylic acids is 1. The van der Waals surface area contributed by atoms with Crippen LogP contribution in [0, 0.1) is 0 Å². The lowest BCUT2D eigenvalue weighted by molar-refractivity contribution is -0.137. The molecule has 0 unspecified atom stereocenters. The number of fused-ring (bicyclic) bond motifs is 4. The van der Waals surface area contributed by atoms with Gasteiger partial charge < -0.3 is 24.6 Å². The number of carbonyl (C=O) groups is 2. The van der Waals surface area contributed by atoms with Gasteiger partial charge in [-0.05, 0) is 44.9 Å². The number of carboxylic acid groups (broad SMARTS) is 1. The summed E-state index contributed by atoms with van der Waals surface area (Å²) in [7, 11) is 0. The van der Waals surface area contributed by atoms with Crippen LogP contribution in [0.2, 0.25) is 0 Å². The van der Waals surface area contributed by atoms with E-state index < -0.39 is 18.2 Å². The van der Waals surface area contributed by atoms with Crippen LogP contribution in [-0.2, 0) is 16.0 Å². The number of aromatic nitrogens is 1. The van der Waals surface area contributed by atoms with Crippen LogP contribution in [0.1, 0.15) is 54.5 Å². The molecule has 150 valence electrons. The summed E-state index contributed by atoms with van der Waals surface area (Å²) in [6.07, 6.45) is 1.66. The Morgan fingerprint density at radius 2 is 2.14 bits per heavy atom. The predicted molar refractivity (Wildman–Crippen MR) is 105 cm³/mol. The molecule has 29 heavy (non-hydrogen) atoms. The Kier molecular flexibility index (Phi) is 3.70. The van der Waals surface area contributed by atoms with E-state index in [4.69, 9.17) is 4.74 Å². The third-order valence-electron chi connectivity index (χ3n) is 6.21. The van der Waals surface area contributed by atoms with Crippen molar-refractivity contribution in [2.75, 3.05) is 0 Å². The molecule has 0 radical (unpaired) electrons. The fraction of sp³-hybridized carbons (Fsp3) is 0.364. The monoisotopic (exact) mass is 395 g/mol. The molecule has 5 rings (SSSR count). The number of nitrogens with zero attached hydrogens (tertiary/aromatic N) is 1. The molecule has 1 aromatic carbocycles. The standard InChI is InChI=1S/C22H21NO6/c1-9(24)14-4-5-15-12-3-6-16(25)20-19(12)21(23(14)15)13-7-11(8-17(26)27)29-10(2)18(13)22(20)28/h3,6-7,9-10,14,24-25H,4-5,8H2,1-2H3,(H,26,27)/t9-,10-,14+/m1/s1. The number of aryl methyl sites for hydroxylation is 1. The highest BCUT2D eigenvalue weighted by atomic mass is 16.5. The topological polar surface area (TPSA) is 109 Å². The number of Topliss-reactive ketones (excluding diaryl/α,β-unsaturated/α-hetero) is 1. The van der Waals surface area contributed by atoms with E-state index in [0.717, 1.165) is 29.6 Å². The van der Waals surface area contributed by atoms with Crippen molar-refractivity contribution in [3.63, 3.8) is 0 Å². The fourth-order valence-corrected chi connectivity index (χ4v) is 5.11. The van der Waals surface area contributed by atoms with Gasteiger partial charge in [0.15, 0.2) is 5.78 Å². The van der Waals surface area contributed by atoms with Crippen molar-refractivity contribution >= 4 is 28.1 Å². The van der Waals surface area contributed by atoms with E-state index in [2.05, 4.69) is 4.57 Å². The van der Waals surface area contributed by atoms with E-state index in [9.17, 15) is 24.9 Å². The molecule has 3 heterocycles. The average Bonchev–Trinajstić information content (AvgIpc) is 3.18. The van der Waals surface area contributed by atoms with Crippen LogP contribution >= 0.6 is 0 Å². The predicted octanol–water partition coefficient (Wildman–Crippen LogP) is 2.94. The average molecular weight is 395 g/mol. The van der Waals surface area contributed by atoms with E-state index >= 15 is 0 Å². The number of ketones is 1. The van der Waals surface area contributed by atoms with Crippen LogP contribution in [-0.4, -0.2) is 43.8 Å². The summed E-state index contributed by atoms with van der Waals surface area (Å²) in [5.74, 6) is -1.11. The minimum Gasteiger partial charge on any atom is -0.507 e. The van der Waals surface area contributed by atoms with Gasteiger partial charge >= 0.3 is 5.97 Å².